The van der Waals surface area contributed by atoms with Crippen LogP contribution >= 0.6 is 43.9 Å². The Morgan fingerprint density at radius 2 is 1.64 bits per heavy atom. The number of aliphatic imine (C=N–C) groups is 1. The van der Waals surface area contributed by atoms with Crippen molar-refractivity contribution >= 4 is 60.1 Å². The molecule has 4 rings (SSSR count). The van der Waals surface area contributed by atoms with Crippen molar-refractivity contribution in [3.63, 3.8) is 0 Å². The molecule has 3 aromatic carbocycles. The Hall–Kier alpha value is -2.66. The Morgan fingerprint density at radius 3 is 2.21 bits per heavy atom. The van der Waals surface area contributed by atoms with E-state index in [2.05, 4.69) is 16.4 Å². The number of halogens is 5. The van der Waals surface area contributed by atoms with Crippen LogP contribution in [0.1, 0.15) is 48.1 Å². The molecule has 0 aromatic heterocycles. The van der Waals surface area contributed by atoms with Gasteiger partial charge in [-0.25, -0.2) is 0 Å². The summed E-state index contributed by atoms with van der Waals surface area (Å²) in [6.07, 6.45) is 0. The van der Waals surface area contributed by atoms with Crippen LogP contribution in [0.5, 0.6) is 5.75 Å². The standard InChI is InChI=1S/C32H31Cl2F2IN2O3/c1-5-41-18-26(40)30-28(20-6-11-23(33)12-7-20)29(21-8-13-24(34)14-9-21)38-31(39-30)25-15-10-22(32(35,36)37-4)16-27(25)42-17-19(2)3/h6-16,28-30H,2,4-5,17-18H2,1,3H3,(H,38,39). The number of alkyl halides is 3. The minimum Gasteiger partial charge on any atom is -0.488 e. The summed E-state index contributed by atoms with van der Waals surface area (Å²) < 4.78 is 41.3. The summed E-state index contributed by atoms with van der Waals surface area (Å²) in [4.78, 5) is 18.8. The van der Waals surface area contributed by atoms with Crippen LogP contribution in [0.2, 0.25) is 10.0 Å². The molecule has 0 radical (unpaired) electrons. The second-order valence-corrected chi connectivity index (χ2v) is 12.9. The number of nitrogens with one attached hydrogen (secondary N) is 1. The van der Waals surface area contributed by atoms with E-state index in [4.69, 9.17) is 37.7 Å². The van der Waals surface area contributed by atoms with Crippen LogP contribution in [-0.4, -0.2) is 42.0 Å². The molecule has 3 atom stereocenters. The highest BCUT2D eigenvalue weighted by Crippen LogP contribution is 2.43. The highest BCUT2D eigenvalue weighted by Gasteiger charge is 2.41. The van der Waals surface area contributed by atoms with Gasteiger partial charge in [0.25, 0.3) is 0 Å². The van der Waals surface area contributed by atoms with E-state index in [0.29, 0.717) is 33.6 Å². The van der Waals surface area contributed by atoms with E-state index < -0.39 is 42.7 Å². The number of rotatable bonds is 12. The monoisotopic (exact) mass is 726 g/mol. The Morgan fingerprint density at radius 1 is 1.02 bits per heavy atom. The predicted octanol–water partition coefficient (Wildman–Crippen LogP) is 8.25. The van der Waals surface area contributed by atoms with Crippen LogP contribution in [-0.2, 0) is 13.5 Å². The Kier molecular flexibility index (Phi) is 10.9. The number of carbonyl (C=O) groups is 1. The Bertz CT molecular complexity index is 1480. The normalized spacial score (nSPS) is 18.6. The maximum atomic E-state index is 14.7. The van der Waals surface area contributed by atoms with E-state index in [-0.39, 0.29) is 30.3 Å². The van der Waals surface area contributed by atoms with Crippen LogP contribution < -0.4 is 10.1 Å². The van der Waals surface area contributed by atoms with Crippen LogP contribution in [0.4, 0.5) is 8.78 Å². The van der Waals surface area contributed by atoms with Crippen molar-refractivity contribution in [1.29, 1.82) is 0 Å². The molecule has 0 spiro atoms. The number of amidine groups is 1. The molecular formula is C32H31Cl2F2IN2O3. The molecular weight excluding hydrogens is 696 g/mol. The van der Waals surface area contributed by atoms with Crippen LogP contribution in [0.25, 0.3) is 0 Å². The van der Waals surface area contributed by atoms with Gasteiger partial charge in [-0.05, 0) is 87.7 Å². The van der Waals surface area contributed by atoms with E-state index in [1.54, 1.807) is 37.3 Å². The Balaban J connectivity index is 1.92. The molecule has 3 aromatic rings. The molecule has 1 N–H and O–H groups in total. The minimum absolute atomic E-state index is 0.115. The average Bonchev–Trinajstić information content (AvgIpc) is 2.99. The molecule has 3 unspecified atom stereocenters. The number of ketones is 1. The van der Waals surface area contributed by atoms with Crippen molar-refractivity contribution in [3.05, 3.63) is 111 Å². The third-order valence-corrected chi connectivity index (χ3v) is 8.81. The van der Waals surface area contributed by atoms with E-state index in [1.807, 2.05) is 31.2 Å². The van der Waals surface area contributed by atoms with E-state index in [0.717, 1.165) is 11.1 Å². The second kappa shape index (κ2) is 14.2. The molecule has 5 nitrogen and oxygen atoms in total. The largest absolute Gasteiger partial charge is 0.488 e. The molecule has 0 saturated heterocycles. The summed E-state index contributed by atoms with van der Waals surface area (Å²) in [5.41, 5.74) is 2.65. The summed E-state index contributed by atoms with van der Waals surface area (Å²) in [6.45, 7) is 7.85. The fraction of sp³-hybridized carbons (Fsp3) is 0.281. The van der Waals surface area contributed by atoms with Crippen LogP contribution in [0.15, 0.2) is 83.9 Å². The smallest absolute Gasteiger partial charge is 0.316 e. The van der Waals surface area contributed by atoms with Crippen molar-refractivity contribution in [2.75, 3.05) is 19.8 Å². The minimum atomic E-state index is -3.04. The fourth-order valence-electron chi connectivity index (χ4n) is 4.69. The van der Waals surface area contributed by atoms with Crippen molar-refractivity contribution in [3.8, 4) is 5.75 Å². The number of nitrogens with zero attached hydrogens (tertiary/aromatic N) is 1. The van der Waals surface area contributed by atoms with Crippen molar-refractivity contribution < 1.29 is 23.0 Å². The van der Waals surface area contributed by atoms with Gasteiger partial charge in [0.1, 0.15) is 24.8 Å². The van der Waals surface area contributed by atoms with Gasteiger partial charge in [0.2, 0.25) is 0 Å². The van der Waals surface area contributed by atoms with E-state index in [9.17, 15) is 13.6 Å². The maximum absolute atomic E-state index is 14.7. The van der Waals surface area contributed by atoms with Crippen molar-refractivity contribution in [1.82, 2.24) is 5.32 Å². The van der Waals surface area contributed by atoms with Crippen molar-refractivity contribution in [2.24, 2.45) is 4.99 Å². The van der Waals surface area contributed by atoms with Gasteiger partial charge in [-0.1, -0.05) is 64.6 Å². The lowest BCUT2D eigenvalue weighted by atomic mass is 9.79. The third kappa shape index (κ3) is 7.64. The van der Waals surface area contributed by atoms with Gasteiger partial charge in [-0.2, -0.15) is 8.78 Å². The zero-order chi connectivity index (χ0) is 30.4. The summed E-state index contributed by atoms with van der Waals surface area (Å²) in [5, 5.41) is 4.44. The van der Waals surface area contributed by atoms with Gasteiger partial charge in [0.15, 0.2) is 5.78 Å². The number of Topliss-reactive ketones (excluding diaryl/α,β-unsaturated/α-hetero) is 1. The molecule has 0 aliphatic carbocycles. The van der Waals surface area contributed by atoms with Crippen LogP contribution in [0.3, 0.4) is 0 Å². The summed E-state index contributed by atoms with van der Waals surface area (Å²) in [7, 11) is 0. The van der Waals surface area contributed by atoms with Gasteiger partial charge in [-0.3, -0.25) is 9.79 Å². The highest BCUT2D eigenvalue weighted by atomic mass is 127. The molecule has 222 valence electrons. The SMILES string of the molecule is C=IC(F)(F)c1ccc(C2=NC(c3ccc(Cl)cc3)C(c3ccc(Cl)cc3)C(C(=O)COCC)N2)c(OCC(=C)C)c1. The number of ether oxygens (including phenoxy) is 2. The molecule has 1 heterocycles. The lowest BCUT2D eigenvalue weighted by Gasteiger charge is -2.38. The van der Waals surface area contributed by atoms with E-state index in [1.165, 1.54) is 12.1 Å². The zero-order valence-electron chi connectivity index (χ0n) is 23.2. The first-order valence-corrected chi connectivity index (χ1v) is 16.5. The summed E-state index contributed by atoms with van der Waals surface area (Å²) >= 11 is 10.7. The zero-order valence-corrected chi connectivity index (χ0v) is 26.8. The first-order valence-electron chi connectivity index (χ1n) is 13.2. The lowest BCUT2D eigenvalue weighted by molar-refractivity contribution is -0.126. The molecule has 1 aliphatic heterocycles. The molecule has 0 fully saturated rings. The topological polar surface area (TPSA) is 59.9 Å². The number of hydrogen-bond acceptors (Lipinski definition) is 5. The number of benzene rings is 3. The van der Waals surface area contributed by atoms with Gasteiger partial charge in [0.05, 0.1) is 17.6 Å². The summed E-state index contributed by atoms with van der Waals surface area (Å²) in [6, 6.07) is 17.5. The molecule has 0 amide bonds. The third-order valence-electron chi connectivity index (χ3n) is 6.73. The fourth-order valence-corrected chi connectivity index (χ4v) is 5.72. The molecule has 1 aliphatic rings. The number of carbonyl (C=O) groups excluding carboxylic acids is 1. The van der Waals surface area contributed by atoms with Gasteiger partial charge in [0, 0.05) is 28.1 Å². The molecule has 0 saturated carbocycles. The quantitative estimate of drug-likeness (QED) is 0.116. The molecule has 10 heteroatoms. The highest BCUT2D eigenvalue weighted by molar-refractivity contribution is 14.2. The van der Waals surface area contributed by atoms with E-state index >= 15 is 0 Å². The maximum Gasteiger partial charge on any atom is 0.316 e. The van der Waals surface area contributed by atoms with Gasteiger partial charge >= 0.3 is 3.93 Å². The van der Waals surface area contributed by atoms with Gasteiger partial charge in [-0.15, -0.1) is 0 Å². The van der Waals surface area contributed by atoms with Gasteiger partial charge < -0.3 is 14.8 Å². The molecule has 0 bridgehead atoms. The first-order chi connectivity index (χ1) is 20.0. The number of hydrogen-bond donors (Lipinski definition) is 1. The molecule has 42 heavy (non-hydrogen) atoms. The van der Waals surface area contributed by atoms with Crippen molar-refractivity contribution in [2.45, 2.75) is 35.8 Å². The predicted molar refractivity (Wildman–Crippen MR) is 175 cm³/mol. The Labute approximate surface area is 264 Å². The lowest BCUT2D eigenvalue weighted by Crippen LogP contribution is -2.51. The van der Waals surface area contributed by atoms with Crippen LogP contribution in [0, 0.1) is 0 Å². The second-order valence-electron chi connectivity index (χ2n) is 9.86. The first kappa shape index (κ1) is 32.3. The average molecular weight is 727 g/mol. The summed E-state index contributed by atoms with van der Waals surface area (Å²) in [5.74, 6) is -0.0856.